The van der Waals surface area contributed by atoms with Crippen molar-refractivity contribution >= 4 is 27.5 Å². The van der Waals surface area contributed by atoms with Crippen molar-refractivity contribution in [2.45, 2.75) is 64.1 Å². The average Bonchev–Trinajstić information content (AvgIpc) is 2.98. The number of hydrogen-bond acceptors (Lipinski definition) is 5. The van der Waals surface area contributed by atoms with Crippen LogP contribution in [0.1, 0.15) is 48.8 Å². The molecule has 0 aliphatic heterocycles. The summed E-state index contributed by atoms with van der Waals surface area (Å²) in [7, 11) is -2.24. The first-order valence-electron chi connectivity index (χ1n) is 14.5. The van der Waals surface area contributed by atoms with Gasteiger partial charge >= 0.3 is 0 Å². The number of rotatable bonds is 12. The maximum atomic E-state index is 14.3. The zero-order valence-corrected chi connectivity index (χ0v) is 25.5. The number of methoxy groups -OCH3 is 1. The summed E-state index contributed by atoms with van der Waals surface area (Å²) in [5, 5.41) is 3.22. The lowest BCUT2D eigenvalue weighted by Crippen LogP contribution is -2.55. The highest BCUT2D eigenvalue weighted by atomic mass is 32.2. The number of aryl methyl sites for hydroxylation is 1. The first-order chi connectivity index (χ1) is 20.2. The molecule has 0 aromatic heterocycles. The lowest BCUT2D eigenvalue weighted by atomic mass is 9.94. The molecule has 1 aliphatic carbocycles. The molecule has 224 valence electrons. The van der Waals surface area contributed by atoms with Crippen LogP contribution < -0.4 is 14.4 Å². The van der Waals surface area contributed by atoms with Crippen molar-refractivity contribution in [3.05, 3.63) is 95.6 Å². The molecule has 0 bridgehead atoms. The largest absolute Gasteiger partial charge is 0.497 e. The van der Waals surface area contributed by atoms with E-state index in [4.69, 9.17) is 4.74 Å². The third-order valence-electron chi connectivity index (χ3n) is 7.77. The zero-order valence-electron chi connectivity index (χ0n) is 24.7. The molecular weight excluding hydrogens is 550 g/mol. The zero-order chi connectivity index (χ0) is 30.1. The van der Waals surface area contributed by atoms with Crippen LogP contribution in [0.4, 0.5) is 5.69 Å². The van der Waals surface area contributed by atoms with Gasteiger partial charge in [-0.05, 0) is 54.7 Å². The SMILES string of the molecule is COc1cccc(CN(C(=O)CN(c2ccccc2C)S(C)(=O)=O)C(Cc2ccccc2)C(=O)NC2CCCCC2)c1. The van der Waals surface area contributed by atoms with Gasteiger partial charge in [0.05, 0.1) is 19.1 Å². The van der Waals surface area contributed by atoms with Crippen molar-refractivity contribution in [3.8, 4) is 5.75 Å². The van der Waals surface area contributed by atoms with E-state index in [1.54, 1.807) is 19.2 Å². The highest BCUT2D eigenvalue weighted by Gasteiger charge is 2.34. The summed E-state index contributed by atoms with van der Waals surface area (Å²) in [6, 6.07) is 23.2. The summed E-state index contributed by atoms with van der Waals surface area (Å²) in [5.41, 5.74) is 2.84. The van der Waals surface area contributed by atoms with Crippen molar-refractivity contribution in [1.29, 1.82) is 0 Å². The minimum atomic E-state index is -3.81. The predicted octanol–water partition coefficient (Wildman–Crippen LogP) is 4.86. The second-order valence-electron chi connectivity index (χ2n) is 11.0. The van der Waals surface area contributed by atoms with Crippen molar-refractivity contribution in [2.75, 3.05) is 24.2 Å². The molecule has 0 saturated heterocycles. The lowest BCUT2D eigenvalue weighted by molar-refractivity contribution is -0.140. The Morgan fingerprint density at radius 1 is 0.929 bits per heavy atom. The Labute approximate surface area is 249 Å². The molecule has 9 heteroatoms. The van der Waals surface area contributed by atoms with Gasteiger partial charge in [-0.25, -0.2) is 8.42 Å². The number of sulfonamides is 1. The van der Waals surface area contributed by atoms with E-state index >= 15 is 0 Å². The Kier molecular flexibility index (Phi) is 10.6. The highest BCUT2D eigenvalue weighted by molar-refractivity contribution is 7.92. The van der Waals surface area contributed by atoms with Crippen LogP contribution in [0.15, 0.2) is 78.9 Å². The van der Waals surface area contributed by atoms with Crippen LogP contribution >= 0.6 is 0 Å². The number of nitrogens with one attached hydrogen (secondary N) is 1. The summed E-state index contributed by atoms with van der Waals surface area (Å²) in [6.07, 6.45) is 6.46. The molecule has 1 fully saturated rings. The summed E-state index contributed by atoms with van der Waals surface area (Å²) < 4.78 is 32.5. The van der Waals surface area contributed by atoms with Crippen LogP contribution in [0.5, 0.6) is 5.75 Å². The number of ether oxygens (including phenoxy) is 1. The van der Waals surface area contributed by atoms with Gasteiger partial charge in [0, 0.05) is 19.0 Å². The Morgan fingerprint density at radius 2 is 1.60 bits per heavy atom. The number of anilines is 1. The molecule has 8 nitrogen and oxygen atoms in total. The standard InChI is InChI=1S/C33H41N3O5S/c1-25-13-10-11-20-30(25)36(42(3,39)40)24-32(37)35(23-27-16-12-19-29(21-27)41-2)31(22-26-14-6-4-7-15-26)33(38)34-28-17-8-5-9-18-28/h4,6-7,10-16,19-21,28,31H,5,8-9,17-18,22-24H2,1-3H3,(H,34,38). The van der Waals surface area contributed by atoms with Gasteiger partial charge in [0.1, 0.15) is 18.3 Å². The van der Waals surface area contributed by atoms with Gasteiger partial charge in [0.25, 0.3) is 0 Å². The molecule has 1 saturated carbocycles. The van der Waals surface area contributed by atoms with Gasteiger partial charge in [-0.3, -0.25) is 13.9 Å². The second-order valence-corrected chi connectivity index (χ2v) is 12.9. The number of benzene rings is 3. The summed E-state index contributed by atoms with van der Waals surface area (Å²) >= 11 is 0. The molecule has 1 aliphatic rings. The molecule has 42 heavy (non-hydrogen) atoms. The summed E-state index contributed by atoms with van der Waals surface area (Å²) in [6.45, 7) is 1.48. The van der Waals surface area contributed by atoms with E-state index in [0.29, 0.717) is 17.9 Å². The molecule has 1 unspecified atom stereocenters. The fraction of sp³-hybridized carbons (Fsp3) is 0.394. The van der Waals surface area contributed by atoms with Crippen LogP contribution in [0.2, 0.25) is 0 Å². The fourth-order valence-electron chi connectivity index (χ4n) is 5.50. The molecule has 3 aromatic carbocycles. The molecule has 3 aromatic rings. The van der Waals surface area contributed by atoms with E-state index in [2.05, 4.69) is 5.32 Å². The molecule has 1 N–H and O–H groups in total. The fourth-order valence-corrected chi connectivity index (χ4v) is 6.41. The van der Waals surface area contributed by atoms with Gasteiger partial charge in [-0.2, -0.15) is 0 Å². The Bertz CT molecular complexity index is 1460. The molecular formula is C33H41N3O5S. The van der Waals surface area contributed by atoms with E-state index in [9.17, 15) is 18.0 Å². The number of para-hydroxylation sites is 1. The van der Waals surface area contributed by atoms with Crippen molar-refractivity contribution in [3.63, 3.8) is 0 Å². The smallest absolute Gasteiger partial charge is 0.244 e. The molecule has 0 radical (unpaired) electrons. The molecule has 4 rings (SSSR count). The number of amides is 2. The average molecular weight is 592 g/mol. The minimum Gasteiger partial charge on any atom is -0.497 e. The molecule has 0 heterocycles. The Balaban J connectivity index is 1.74. The number of hydrogen-bond donors (Lipinski definition) is 1. The van der Waals surface area contributed by atoms with E-state index < -0.39 is 28.5 Å². The lowest BCUT2D eigenvalue weighted by Gasteiger charge is -2.35. The van der Waals surface area contributed by atoms with Gasteiger partial charge < -0.3 is 15.0 Å². The third kappa shape index (κ3) is 8.35. The first kappa shape index (κ1) is 31.1. The normalized spacial score (nSPS) is 14.5. The van der Waals surface area contributed by atoms with E-state index in [-0.39, 0.29) is 18.5 Å². The molecule has 0 spiro atoms. The van der Waals surface area contributed by atoms with Gasteiger partial charge in [-0.1, -0.05) is 79.9 Å². The Hall–Kier alpha value is -3.85. The van der Waals surface area contributed by atoms with Gasteiger partial charge in [-0.15, -0.1) is 0 Å². The van der Waals surface area contributed by atoms with Gasteiger partial charge in [0.15, 0.2) is 0 Å². The van der Waals surface area contributed by atoms with E-state index in [1.807, 2.05) is 73.7 Å². The maximum Gasteiger partial charge on any atom is 0.244 e. The minimum absolute atomic E-state index is 0.0535. The summed E-state index contributed by atoms with van der Waals surface area (Å²) in [5.74, 6) is -0.0705. The van der Waals surface area contributed by atoms with Crippen LogP contribution in [0.25, 0.3) is 0 Å². The highest BCUT2D eigenvalue weighted by Crippen LogP contribution is 2.25. The number of carbonyl (C=O) groups is 2. The predicted molar refractivity (Wildman–Crippen MR) is 166 cm³/mol. The van der Waals surface area contributed by atoms with Crippen LogP contribution in [0.3, 0.4) is 0 Å². The monoisotopic (exact) mass is 591 g/mol. The van der Waals surface area contributed by atoms with E-state index in [0.717, 1.165) is 59.4 Å². The maximum absolute atomic E-state index is 14.3. The van der Waals surface area contributed by atoms with Crippen molar-refractivity contribution in [2.24, 2.45) is 0 Å². The second kappa shape index (κ2) is 14.4. The van der Waals surface area contributed by atoms with Crippen molar-refractivity contribution < 1.29 is 22.7 Å². The number of carbonyl (C=O) groups excluding carboxylic acids is 2. The Morgan fingerprint density at radius 3 is 2.26 bits per heavy atom. The topological polar surface area (TPSA) is 96.0 Å². The van der Waals surface area contributed by atoms with Crippen LogP contribution in [-0.2, 0) is 32.6 Å². The first-order valence-corrected chi connectivity index (χ1v) is 16.3. The third-order valence-corrected chi connectivity index (χ3v) is 8.90. The summed E-state index contributed by atoms with van der Waals surface area (Å²) in [4.78, 5) is 29.8. The number of nitrogens with zero attached hydrogens (tertiary/aromatic N) is 2. The van der Waals surface area contributed by atoms with Crippen LogP contribution in [-0.4, -0.2) is 57.1 Å². The van der Waals surface area contributed by atoms with Gasteiger partial charge in [0.2, 0.25) is 21.8 Å². The molecule has 1 atom stereocenters. The molecule has 2 amide bonds. The van der Waals surface area contributed by atoms with E-state index in [1.165, 1.54) is 4.90 Å². The van der Waals surface area contributed by atoms with Crippen LogP contribution in [0, 0.1) is 6.92 Å². The van der Waals surface area contributed by atoms with Crippen molar-refractivity contribution in [1.82, 2.24) is 10.2 Å². The quantitative estimate of drug-likeness (QED) is 0.325.